The summed E-state index contributed by atoms with van der Waals surface area (Å²) in [7, 11) is 0. The fourth-order valence-corrected chi connectivity index (χ4v) is 4.64. The number of fused-ring (bicyclic) bond motifs is 1. The summed E-state index contributed by atoms with van der Waals surface area (Å²) in [6, 6.07) is 12.2. The molecule has 0 N–H and O–H groups in total. The van der Waals surface area contributed by atoms with E-state index in [1.54, 1.807) is 0 Å². The Morgan fingerprint density at radius 2 is 1.83 bits per heavy atom. The van der Waals surface area contributed by atoms with Crippen LogP contribution < -0.4 is 14.4 Å². The predicted molar refractivity (Wildman–Crippen MR) is 114 cm³/mol. The number of hydrogen-bond donors (Lipinski definition) is 0. The van der Waals surface area contributed by atoms with Crippen LogP contribution >= 0.6 is 0 Å². The first-order chi connectivity index (χ1) is 14.8. The highest BCUT2D eigenvalue weighted by Gasteiger charge is 2.32. The number of anilines is 1. The lowest BCUT2D eigenvalue weighted by Crippen LogP contribution is -2.50. The number of aromatic nitrogens is 1. The molecule has 0 spiro atoms. The number of nitrogens with zero attached hydrogens (tertiary/aromatic N) is 4. The number of hydrogen-bond acceptors (Lipinski definition) is 6. The quantitative estimate of drug-likeness (QED) is 0.774. The summed E-state index contributed by atoms with van der Waals surface area (Å²) in [4.78, 5) is 24.2. The van der Waals surface area contributed by atoms with E-state index in [2.05, 4.69) is 31.8 Å². The highest BCUT2D eigenvalue weighted by atomic mass is 16.6. The van der Waals surface area contributed by atoms with Crippen molar-refractivity contribution < 1.29 is 14.3 Å². The first-order valence-electron chi connectivity index (χ1n) is 10.9. The number of likely N-dealkylation sites (tertiary alicyclic amines) is 1. The lowest BCUT2D eigenvalue weighted by Gasteiger charge is -2.36. The van der Waals surface area contributed by atoms with E-state index < -0.39 is 0 Å². The van der Waals surface area contributed by atoms with Crippen LogP contribution in [0.4, 0.5) is 5.82 Å². The maximum absolute atomic E-state index is 13.1. The Hall–Kier alpha value is -2.80. The first-order valence-corrected chi connectivity index (χ1v) is 10.9. The number of carbonyl (C=O) groups excluding carboxylic acids is 1. The second kappa shape index (κ2) is 8.52. The van der Waals surface area contributed by atoms with Crippen molar-refractivity contribution in [2.45, 2.75) is 18.9 Å². The Kier molecular flexibility index (Phi) is 5.45. The van der Waals surface area contributed by atoms with Crippen molar-refractivity contribution in [2.75, 3.05) is 57.4 Å². The molecule has 1 aromatic carbocycles. The summed E-state index contributed by atoms with van der Waals surface area (Å²) in [5.74, 6) is 2.83. The van der Waals surface area contributed by atoms with E-state index in [0.29, 0.717) is 19.8 Å². The van der Waals surface area contributed by atoms with Crippen molar-refractivity contribution in [2.24, 2.45) is 0 Å². The van der Waals surface area contributed by atoms with Gasteiger partial charge in [-0.1, -0.05) is 12.1 Å². The molecule has 0 saturated carbocycles. The minimum atomic E-state index is 0.128. The van der Waals surface area contributed by atoms with Gasteiger partial charge in [0.25, 0.3) is 0 Å². The second-order valence-electron chi connectivity index (χ2n) is 8.10. The number of pyridine rings is 1. The van der Waals surface area contributed by atoms with Gasteiger partial charge in [-0.2, -0.15) is 0 Å². The van der Waals surface area contributed by atoms with Gasteiger partial charge in [0.05, 0.1) is 12.6 Å². The molecule has 5 rings (SSSR count). The van der Waals surface area contributed by atoms with Crippen molar-refractivity contribution in [3.05, 3.63) is 48.2 Å². The largest absolute Gasteiger partial charge is 0.486 e. The number of rotatable bonds is 4. The summed E-state index contributed by atoms with van der Waals surface area (Å²) in [5, 5.41) is 0. The van der Waals surface area contributed by atoms with Crippen molar-refractivity contribution in [1.82, 2.24) is 14.8 Å². The van der Waals surface area contributed by atoms with Crippen LogP contribution in [0.25, 0.3) is 0 Å². The molecular formula is C23H28N4O3. The predicted octanol–water partition coefficient (Wildman–Crippen LogP) is 2.34. The summed E-state index contributed by atoms with van der Waals surface area (Å²) < 4.78 is 11.4. The molecular weight excluding hydrogens is 380 g/mol. The molecule has 3 aliphatic heterocycles. The summed E-state index contributed by atoms with van der Waals surface area (Å²) in [6.07, 6.45) is 3.87. The van der Waals surface area contributed by atoms with Gasteiger partial charge in [-0.05, 0) is 42.7 Å². The van der Waals surface area contributed by atoms with E-state index >= 15 is 0 Å². The fourth-order valence-electron chi connectivity index (χ4n) is 4.64. The molecule has 1 amide bonds. The summed E-state index contributed by atoms with van der Waals surface area (Å²) >= 11 is 0. The lowest BCUT2D eigenvalue weighted by molar-refractivity contribution is -0.133. The molecule has 2 fully saturated rings. The highest BCUT2D eigenvalue weighted by molar-refractivity contribution is 5.79. The van der Waals surface area contributed by atoms with E-state index in [1.807, 2.05) is 30.5 Å². The standard InChI is InChI=1S/C23H28N4O3/c28-23(17-25-10-12-26(13-11-25)22-5-1-2-8-24-22)27-9-3-4-19(27)18-6-7-20-21(16-18)30-15-14-29-20/h1-2,5-8,16,19H,3-4,9-15,17H2/t19-/m1/s1. The third-order valence-electron chi connectivity index (χ3n) is 6.23. The maximum atomic E-state index is 13.1. The fraction of sp³-hybridized carbons (Fsp3) is 0.478. The number of carbonyl (C=O) groups is 1. The first kappa shape index (κ1) is 19.2. The van der Waals surface area contributed by atoms with Gasteiger partial charge in [0, 0.05) is 38.9 Å². The van der Waals surface area contributed by atoms with Crippen LogP contribution in [0.15, 0.2) is 42.6 Å². The Morgan fingerprint density at radius 1 is 1.00 bits per heavy atom. The topological polar surface area (TPSA) is 58.1 Å². The average Bonchev–Trinajstić information content (AvgIpc) is 3.30. The molecule has 0 aliphatic carbocycles. The zero-order chi connectivity index (χ0) is 20.3. The van der Waals surface area contributed by atoms with Gasteiger partial charge in [0.2, 0.25) is 5.91 Å². The average molecular weight is 409 g/mol. The Bertz CT molecular complexity index is 883. The summed E-state index contributed by atoms with van der Waals surface area (Å²) in [6.45, 7) is 6.03. The van der Waals surface area contributed by atoms with Crippen LogP contribution in [0.3, 0.4) is 0 Å². The van der Waals surface area contributed by atoms with Crippen LogP contribution in [-0.4, -0.2) is 73.2 Å². The van der Waals surface area contributed by atoms with E-state index in [9.17, 15) is 4.79 Å². The van der Waals surface area contributed by atoms with Crippen molar-refractivity contribution in [3.63, 3.8) is 0 Å². The molecule has 30 heavy (non-hydrogen) atoms. The van der Waals surface area contributed by atoms with E-state index in [-0.39, 0.29) is 11.9 Å². The van der Waals surface area contributed by atoms with Crippen molar-refractivity contribution in [3.8, 4) is 11.5 Å². The molecule has 158 valence electrons. The van der Waals surface area contributed by atoms with Gasteiger partial charge < -0.3 is 19.3 Å². The van der Waals surface area contributed by atoms with E-state index in [0.717, 1.165) is 68.4 Å². The SMILES string of the molecule is O=C(CN1CCN(c2ccccn2)CC1)N1CCC[C@@H]1c1ccc2c(c1)OCCO2. The molecule has 7 nitrogen and oxygen atoms in total. The van der Waals surface area contributed by atoms with Gasteiger partial charge in [0.1, 0.15) is 19.0 Å². The smallest absolute Gasteiger partial charge is 0.237 e. The third-order valence-corrected chi connectivity index (χ3v) is 6.23. The molecule has 2 aromatic rings. The van der Waals surface area contributed by atoms with Crippen LogP contribution in [0.1, 0.15) is 24.4 Å². The molecule has 3 aliphatic rings. The monoisotopic (exact) mass is 408 g/mol. The van der Waals surface area contributed by atoms with Gasteiger partial charge in [-0.25, -0.2) is 4.98 Å². The molecule has 7 heteroatoms. The Balaban J connectivity index is 1.20. The van der Waals surface area contributed by atoms with Gasteiger partial charge in [0.15, 0.2) is 11.5 Å². The Labute approximate surface area is 177 Å². The van der Waals surface area contributed by atoms with Gasteiger partial charge in [-0.15, -0.1) is 0 Å². The zero-order valence-corrected chi connectivity index (χ0v) is 17.2. The molecule has 0 radical (unpaired) electrons. The molecule has 0 bridgehead atoms. The normalized spacial score (nSPS) is 21.7. The number of ether oxygens (including phenoxy) is 2. The Morgan fingerprint density at radius 3 is 2.63 bits per heavy atom. The highest BCUT2D eigenvalue weighted by Crippen LogP contribution is 2.38. The number of piperazine rings is 1. The zero-order valence-electron chi connectivity index (χ0n) is 17.2. The van der Waals surface area contributed by atoms with Gasteiger partial charge in [-0.3, -0.25) is 9.69 Å². The molecule has 4 heterocycles. The number of benzene rings is 1. The second-order valence-corrected chi connectivity index (χ2v) is 8.10. The maximum Gasteiger partial charge on any atom is 0.237 e. The van der Waals surface area contributed by atoms with E-state index in [4.69, 9.17) is 9.47 Å². The lowest BCUT2D eigenvalue weighted by atomic mass is 10.0. The van der Waals surface area contributed by atoms with Crippen LogP contribution in [0.5, 0.6) is 11.5 Å². The van der Waals surface area contributed by atoms with Gasteiger partial charge >= 0.3 is 0 Å². The minimum Gasteiger partial charge on any atom is -0.486 e. The molecule has 1 aromatic heterocycles. The molecule has 1 atom stereocenters. The minimum absolute atomic E-state index is 0.128. The van der Waals surface area contributed by atoms with Crippen molar-refractivity contribution in [1.29, 1.82) is 0 Å². The van der Waals surface area contributed by atoms with E-state index in [1.165, 1.54) is 0 Å². The molecule has 0 unspecified atom stereocenters. The van der Waals surface area contributed by atoms with Crippen LogP contribution in [-0.2, 0) is 4.79 Å². The third kappa shape index (κ3) is 3.94. The van der Waals surface area contributed by atoms with Crippen LogP contribution in [0, 0.1) is 0 Å². The number of amides is 1. The summed E-state index contributed by atoms with van der Waals surface area (Å²) in [5.41, 5.74) is 1.14. The van der Waals surface area contributed by atoms with Crippen molar-refractivity contribution >= 4 is 11.7 Å². The molecule has 2 saturated heterocycles. The van der Waals surface area contributed by atoms with Crippen LogP contribution in [0.2, 0.25) is 0 Å².